The van der Waals surface area contributed by atoms with Crippen molar-refractivity contribution in [3.05, 3.63) is 75.5 Å². The van der Waals surface area contributed by atoms with E-state index in [-0.39, 0.29) is 24.2 Å². The largest absolute Gasteiger partial charge is 0.416 e. The van der Waals surface area contributed by atoms with Gasteiger partial charge in [-0.15, -0.1) is 0 Å². The van der Waals surface area contributed by atoms with Crippen LogP contribution in [0.25, 0.3) is 11.4 Å². The van der Waals surface area contributed by atoms with E-state index in [4.69, 9.17) is 0 Å². The van der Waals surface area contributed by atoms with Gasteiger partial charge in [0.25, 0.3) is 5.56 Å². The highest BCUT2D eigenvalue weighted by Gasteiger charge is 2.31. The van der Waals surface area contributed by atoms with E-state index >= 15 is 0 Å². The number of nitrogens with zero attached hydrogens (tertiary/aromatic N) is 4. The highest BCUT2D eigenvalue weighted by Crippen LogP contribution is 2.30. The maximum Gasteiger partial charge on any atom is 0.416 e. The minimum Gasteiger partial charge on any atom is -0.306 e. The van der Waals surface area contributed by atoms with Crippen molar-refractivity contribution in [3.8, 4) is 11.4 Å². The summed E-state index contributed by atoms with van der Waals surface area (Å²) in [7, 11) is 0. The third-order valence-corrected chi connectivity index (χ3v) is 4.76. The van der Waals surface area contributed by atoms with Gasteiger partial charge in [-0.05, 0) is 18.6 Å². The molecule has 0 spiro atoms. The molecule has 0 unspecified atom stereocenters. The fourth-order valence-electron chi connectivity index (χ4n) is 3.28. The summed E-state index contributed by atoms with van der Waals surface area (Å²) in [5.41, 5.74) is 0.530. The van der Waals surface area contributed by atoms with Gasteiger partial charge in [0.1, 0.15) is 18.0 Å². The average molecular weight is 405 g/mol. The normalized spacial score (nSPS) is 14.6. The van der Waals surface area contributed by atoms with Crippen molar-refractivity contribution in [2.24, 2.45) is 0 Å². The molecule has 4 rings (SSSR count). The summed E-state index contributed by atoms with van der Waals surface area (Å²) in [5.74, 6) is -0.580. The van der Waals surface area contributed by atoms with Crippen LogP contribution >= 0.6 is 0 Å². The lowest BCUT2D eigenvalue weighted by molar-refractivity contribution is -0.137. The van der Waals surface area contributed by atoms with Crippen molar-refractivity contribution >= 4 is 0 Å². The van der Waals surface area contributed by atoms with Crippen molar-refractivity contribution in [2.75, 3.05) is 6.54 Å². The van der Waals surface area contributed by atoms with Crippen molar-refractivity contribution in [1.29, 1.82) is 0 Å². The first-order valence-electron chi connectivity index (χ1n) is 8.76. The Kier molecular flexibility index (Phi) is 4.87. The molecule has 1 aliphatic heterocycles. The fraction of sp³-hybridized carbons (Fsp3) is 0.263. The molecule has 1 N–H and O–H groups in total. The second kappa shape index (κ2) is 7.36. The van der Waals surface area contributed by atoms with Crippen LogP contribution in [0.3, 0.4) is 0 Å². The Morgan fingerprint density at radius 1 is 1.17 bits per heavy atom. The van der Waals surface area contributed by atoms with Gasteiger partial charge in [-0.1, -0.05) is 6.07 Å². The molecule has 1 aromatic carbocycles. The van der Waals surface area contributed by atoms with Gasteiger partial charge in [0.2, 0.25) is 0 Å². The molecule has 0 radical (unpaired) electrons. The number of hydrogen-bond donors (Lipinski definition) is 1. The van der Waals surface area contributed by atoms with Crippen LogP contribution in [0.2, 0.25) is 0 Å². The van der Waals surface area contributed by atoms with Gasteiger partial charge in [-0.2, -0.15) is 13.2 Å². The Morgan fingerprint density at radius 2 is 1.93 bits per heavy atom. The first kappa shape index (κ1) is 19.2. The van der Waals surface area contributed by atoms with Crippen LogP contribution < -0.4 is 5.56 Å². The first-order chi connectivity index (χ1) is 13.8. The van der Waals surface area contributed by atoms with Crippen LogP contribution in [0.4, 0.5) is 17.6 Å². The maximum atomic E-state index is 14.2. The molecule has 6 nitrogen and oxygen atoms in total. The molecular weight excluding hydrogens is 390 g/mol. The lowest BCUT2D eigenvalue weighted by Gasteiger charge is -2.28. The molecule has 2 aromatic heterocycles. The minimum absolute atomic E-state index is 0.113. The predicted octanol–water partition coefficient (Wildman–Crippen LogP) is 2.94. The van der Waals surface area contributed by atoms with Crippen LogP contribution in [0.15, 0.2) is 41.7 Å². The molecule has 0 bridgehead atoms. The molecule has 0 fully saturated rings. The number of hydrogen-bond acceptors (Lipinski definition) is 5. The van der Waals surface area contributed by atoms with E-state index in [0.717, 1.165) is 12.1 Å². The standard InChI is InChI=1S/C19H15F4N5O/c20-15-5-13(19(21,22)23)2-1-11(15)8-28-4-3-14-16(9-28)26-17(27-18(14)29)12-6-24-10-25-7-12/h1-2,5-7,10H,3-4,8-9H2,(H,26,27,29). The van der Waals surface area contributed by atoms with E-state index in [0.29, 0.717) is 41.7 Å². The van der Waals surface area contributed by atoms with Gasteiger partial charge >= 0.3 is 6.18 Å². The monoisotopic (exact) mass is 405 g/mol. The summed E-state index contributed by atoms with van der Waals surface area (Å²) in [6.45, 7) is 0.855. The summed E-state index contributed by atoms with van der Waals surface area (Å²) in [5, 5.41) is 0. The summed E-state index contributed by atoms with van der Waals surface area (Å²) < 4.78 is 52.3. The number of nitrogens with one attached hydrogen (secondary N) is 1. The van der Waals surface area contributed by atoms with Gasteiger partial charge in [0, 0.05) is 43.2 Å². The molecule has 3 heterocycles. The zero-order valence-corrected chi connectivity index (χ0v) is 15.0. The van der Waals surface area contributed by atoms with E-state index in [2.05, 4.69) is 19.9 Å². The topological polar surface area (TPSA) is 74.8 Å². The summed E-state index contributed by atoms with van der Waals surface area (Å²) in [6, 6.07) is 2.52. The molecule has 1 aliphatic rings. The lowest BCUT2D eigenvalue weighted by Crippen LogP contribution is -2.35. The van der Waals surface area contributed by atoms with E-state index < -0.39 is 17.6 Å². The van der Waals surface area contributed by atoms with Gasteiger partial charge in [-0.3, -0.25) is 9.69 Å². The molecule has 10 heteroatoms. The van der Waals surface area contributed by atoms with Crippen LogP contribution in [-0.4, -0.2) is 31.4 Å². The second-order valence-corrected chi connectivity index (χ2v) is 6.73. The molecule has 0 atom stereocenters. The zero-order valence-electron chi connectivity index (χ0n) is 15.0. The maximum absolute atomic E-state index is 14.2. The third-order valence-electron chi connectivity index (χ3n) is 4.76. The highest BCUT2D eigenvalue weighted by molar-refractivity contribution is 5.52. The van der Waals surface area contributed by atoms with Crippen molar-refractivity contribution in [2.45, 2.75) is 25.7 Å². The third kappa shape index (κ3) is 4.02. The number of benzene rings is 1. The van der Waals surface area contributed by atoms with E-state index in [1.807, 2.05) is 4.90 Å². The number of rotatable bonds is 3. The Balaban J connectivity index is 1.57. The average Bonchev–Trinajstić information content (AvgIpc) is 2.69. The summed E-state index contributed by atoms with van der Waals surface area (Å²) >= 11 is 0. The number of fused-ring (bicyclic) bond motifs is 1. The van der Waals surface area contributed by atoms with E-state index in [1.54, 1.807) is 0 Å². The van der Waals surface area contributed by atoms with Crippen molar-refractivity contribution in [3.63, 3.8) is 0 Å². The fourth-order valence-corrected chi connectivity index (χ4v) is 3.28. The smallest absolute Gasteiger partial charge is 0.306 e. The Labute approximate surface area is 162 Å². The summed E-state index contributed by atoms with van der Waals surface area (Å²) in [4.78, 5) is 29.2. The Morgan fingerprint density at radius 3 is 2.62 bits per heavy atom. The number of aromatic amines is 1. The van der Waals surface area contributed by atoms with Gasteiger partial charge in [-0.25, -0.2) is 19.3 Å². The van der Waals surface area contributed by atoms with Crippen molar-refractivity contribution < 1.29 is 17.6 Å². The van der Waals surface area contributed by atoms with Crippen LogP contribution in [0, 0.1) is 5.82 Å². The molecule has 0 amide bonds. The Hall–Kier alpha value is -3.14. The van der Waals surface area contributed by atoms with Gasteiger partial charge < -0.3 is 4.98 Å². The van der Waals surface area contributed by atoms with E-state index in [1.165, 1.54) is 18.7 Å². The van der Waals surface area contributed by atoms with Crippen LogP contribution in [0.1, 0.15) is 22.4 Å². The lowest BCUT2D eigenvalue weighted by atomic mass is 10.0. The first-order valence-corrected chi connectivity index (χ1v) is 8.76. The van der Waals surface area contributed by atoms with Crippen LogP contribution in [-0.2, 0) is 25.7 Å². The SMILES string of the molecule is O=c1[nH]c(-c2cncnc2)nc2c1CCN(Cc1ccc(C(F)(F)F)cc1F)C2. The number of alkyl halides is 3. The predicted molar refractivity (Wildman–Crippen MR) is 95.1 cm³/mol. The molecule has 3 aromatic rings. The number of aromatic nitrogens is 4. The summed E-state index contributed by atoms with van der Waals surface area (Å²) in [6.07, 6.45) is 0.226. The van der Waals surface area contributed by atoms with Gasteiger partial charge in [0.15, 0.2) is 0 Å². The zero-order chi connectivity index (χ0) is 20.6. The molecule has 0 saturated heterocycles. The van der Waals surface area contributed by atoms with Gasteiger partial charge in [0.05, 0.1) is 16.8 Å². The molecular formula is C19H15F4N5O. The second-order valence-electron chi connectivity index (χ2n) is 6.73. The minimum atomic E-state index is -4.59. The highest BCUT2D eigenvalue weighted by atomic mass is 19.4. The molecule has 0 aliphatic carbocycles. The quantitative estimate of drug-likeness (QED) is 0.679. The molecule has 0 saturated carbocycles. The number of halogens is 4. The van der Waals surface area contributed by atoms with E-state index in [9.17, 15) is 22.4 Å². The molecule has 29 heavy (non-hydrogen) atoms. The van der Waals surface area contributed by atoms with Crippen molar-refractivity contribution in [1.82, 2.24) is 24.8 Å². The number of H-pyrrole nitrogens is 1. The van der Waals surface area contributed by atoms with Crippen LogP contribution in [0.5, 0.6) is 0 Å². The Bertz CT molecular complexity index is 1100. The molecule has 150 valence electrons.